The molecule has 0 radical (unpaired) electrons. The van der Waals surface area contributed by atoms with Crippen LogP contribution in [0, 0.1) is 0 Å². The van der Waals surface area contributed by atoms with Crippen molar-refractivity contribution in [1.29, 1.82) is 0 Å². The predicted molar refractivity (Wildman–Crippen MR) is 104 cm³/mol. The largest absolute Gasteiger partial charge is 0.380 e. The number of hydrogen-bond donors (Lipinski definition) is 1. The Kier molecular flexibility index (Phi) is 10.2. The van der Waals surface area contributed by atoms with Gasteiger partial charge < -0.3 is 20.3 Å². The zero-order chi connectivity index (χ0) is 18.1. The molecule has 0 aromatic heterocycles. The van der Waals surface area contributed by atoms with Gasteiger partial charge in [-0.1, -0.05) is 30.3 Å². The summed E-state index contributed by atoms with van der Waals surface area (Å²) in [5, 5.41) is 0. The van der Waals surface area contributed by atoms with Crippen molar-refractivity contribution in [1.82, 2.24) is 9.80 Å². The molecule has 0 bridgehead atoms. The van der Waals surface area contributed by atoms with Crippen LogP contribution in [0.4, 0.5) is 0 Å². The number of nitrogens with zero attached hydrogens (tertiary/aromatic N) is 2. The minimum Gasteiger partial charge on any atom is -0.380 e. The summed E-state index contributed by atoms with van der Waals surface area (Å²) in [7, 11) is 1.57. The summed E-state index contributed by atoms with van der Waals surface area (Å²) in [6.07, 6.45) is 2.14. The molecule has 0 spiro atoms. The van der Waals surface area contributed by atoms with Crippen LogP contribution in [0.2, 0.25) is 0 Å². The van der Waals surface area contributed by atoms with E-state index in [0.29, 0.717) is 45.6 Å². The summed E-state index contributed by atoms with van der Waals surface area (Å²) in [6.45, 7) is 2.90. The molecule has 26 heavy (non-hydrogen) atoms. The van der Waals surface area contributed by atoms with Crippen molar-refractivity contribution < 1.29 is 14.3 Å². The van der Waals surface area contributed by atoms with Crippen LogP contribution in [-0.4, -0.2) is 67.6 Å². The second-order valence-electron chi connectivity index (χ2n) is 6.40. The lowest BCUT2D eigenvalue weighted by atomic mass is 10.1. The third-order valence-electron chi connectivity index (χ3n) is 4.67. The predicted octanol–water partition coefficient (Wildman–Crippen LogP) is 1.47. The van der Waals surface area contributed by atoms with Crippen LogP contribution in [0.1, 0.15) is 24.8 Å². The number of aryl methyl sites for hydroxylation is 1. The van der Waals surface area contributed by atoms with Crippen LogP contribution < -0.4 is 5.73 Å². The van der Waals surface area contributed by atoms with Gasteiger partial charge in [-0.25, -0.2) is 0 Å². The van der Waals surface area contributed by atoms with Gasteiger partial charge in [-0.3, -0.25) is 9.59 Å². The molecule has 1 unspecified atom stereocenters. The zero-order valence-corrected chi connectivity index (χ0v) is 16.2. The molecule has 7 heteroatoms. The molecule has 0 saturated carbocycles. The van der Waals surface area contributed by atoms with Crippen molar-refractivity contribution in [3.8, 4) is 0 Å². The summed E-state index contributed by atoms with van der Waals surface area (Å²) < 4.78 is 5.19. The Labute approximate surface area is 162 Å². The summed E-state index contributed by atoms with van der Waals surface area (Å²) in [4.78, 5) is 28.5. The summed E-state index contributed by atoms with van der Waals surface area (Å²) in [5.74, 6) is 0.214. The Bertz CT molecular complexity index is 552. The van der Waals surface area contributed by atoms with E-state index in [2.05, 4.69) is 0 Å². The number of carbonyl (C=O) groups excluding carboxylic acids is 2. The van der Waals surface area contributed by atoms with Gasteiger partial charge in [-0.05, 0) is 18.4 Å². The van der Waals surface area contributed by atoms with E-state index >= 15 is 0 Å². The monoisotopic (exact) mass is 383 g/mol. The topological polar surface area (TPSA) is 75.9 Å². The highest BCUT2D eigenvalue weighted by Gasteiger charge is 2.23. The first-order valence-electron chi connectivity index (χ1n) is 8.96. The lowest BCUT2D eigenvalue weighted by molar-refractivity contribution is -0.135. The van der Waals surface area contributed by atoms with Crippen molar-refractivity contribution in [3.05, 3.63) is 35.9 Å². The van der Waals surface area contributed by atoms with Crippen LogP contribution in [-0.2, 0) is 20.7 Å². The van der Waals surface area contributed by atoms with Crippen molar-refractivity contribution in [2.75, 3.05) is 39.8 Å². The highest BCUT2D eigenvalue weighted by Crippen LogP contribution is 2.10. The molecule has 1 heterocycles. The number of halogens is 1. The Balaban J connectivity index is 0.00000338. The number of hydrogen-bond acceptors (Lipinski definition) is 4. The third kappa shape index (κ3) is 6.94. The highest BCUT2D eigenvalue weighted by molar-refractivity contribution is 5.85. The fourth-order valence-electron chi connectivity index (χ4n) is 3.06. The normalized spacial score (nSPS) is 15.8. The standard InChI is InChI=1S/C19H29N3O3.ClH/c1-25-17(15-20)14-19(24)22-11-5-10-21(12-13-22)18(23)9-8-16-6-3-2-4-7-16;/h2-4,6-7,17H,5,8-15,20H2,1H3;1H. The Morgan fingerprint density at radius 2 is 1.69 bits per heavy atom. The van der Waals surface area contributed by atoms with E-state index in [1.165, 1.54) is 5.56 Å². The number of amides is 2. The fourth-order valence-corrected chi connectivity index (χ4v) is 3.06. The molecular weight excluding hydrogens is 354 g/mol. The molecule has 1 aliphatic heterocycles. The minimum absolute atomic E-state index is 0. The second-order valence-corrected chi connectivity index (χ2v) is 6.40. The van der Waals surface area contributed by atoms with Gasteiger partial charge >= 0.3 is 0 Å². The number of nitrogens with two attached hydrogens (primary N) is 1. The van der Waals surface area contributed by atoms with E-state index in [1.807, 2.05) is 40.1 Å². The number of benzene rings is 1. The number of carbonyl (C=O) groups is 2. The summed E-state index contributed by atoms with van der Waals surface area (Å²) >= 11 is 0. The maximum Gasteiger partial charge on any atom is 0.225 e. The van der Waals surface area contributed by atoms with E-state index in [-0.39, 0.29) is 30.3 Å². The van der Waals surface area contributed by atoms with Gasteiger partial charge in [-0.2, -0.15) is 0 Å². The third-order valence-corrected chi connectivity index (χ3v) is 4.67. The smallest absolute Gasteiger partial charge is 0.225 e. The number of ether oxygens (including phenoxy) is 1. The van der Waals surface area contributed by atoms with Crippen molar-refractivity contribution in [3.63, 3.8) is 0 Å². The first-order chi connectivity index (χ1) is 12.1. The van der Waals surface area contributed by atoms with Gasteiger partial charge in [0.1, 0.15) is 0 Å². The molecule has 2 N–H and O–H groups in total. The first-order valence-corrected chi connectivity index (χ1v) is 8.96. The van der Waals surface area contributed by atoms with Gasteiger partial charge in [0.25, 0.3) is 0 Å². The van der Waals surface area contributed by atoms with Crippen molar-refractivity contribution in [2.45, 2.75) is 31.8 Å². The molecule has 1 aromatic carbocycles. The SMILES string of the molecule is COC(CN)CC(=O)N1CCCN(C(=O)CCc2ccccc2)CC1.Cl. The van der Waals surface area contributed by atoms with Crippen LogP contribution in [0.25, 0.3) is 0 Å². The minimum atomic E-state index is -0.237. The lowest BCUT2D eigenvalue weighted by Gasteiger charge is -2.23. The Morgan fingerprint density at radius 1 is 1.08 bits per heavy atom. The molecule has 1 atom stereocenters. The molecule has 1 aliphatic rings. The van der Waals surface area contributed by atoms with Crippen LogP contribution in [0.15, 0.2) is 30.3 Å². The molecule has 146 valence electrons. The van der Waals surface area contributed by atoms with Crippen LogP contribution >= 0.6 is 12.4 Å². The van der Waals surface area contributed by atoms with Gasteiger partial charge in [-0.15, -0.1) is 12.4 Å². The highest BCUT2D eigenvalue weighted by atomic mass is 35.5. The summed E-state index contributed by atoms with van der Waals surface area (Å²) in [5.41, 5.74) is 6.76. The molecule has 2 rings (SSSR count). The fraction of sp³-hybridized carbons (Fsp3) is 0.579. The molecule has 1 fully saturated rings. The molecule has 0 aliphatic carbocycles. The van der Waals surface area contributed by atoms with Gasteiger partial charge in [0.05, 0.1) is 12.5 Å². The average molecular weight is 384 g/mol. The molecule has 1 saturated heterocycles. The molecule has 1 aromatic rings. The van der Waals surface area contributed by atoms with Crippen LogP contribution in [0.3, 0.4) is 0 Å². The summed E-state index contributed by atoms with van der Waals surface area (Å²) in [6, 6.07) is 10.0. The molecule has 2 amide bonds. The first kappa shape index (κ1) is 22.4. The molecular formula is C19H30ClN3O3. The number of methoxy groups -OCH3 is 1. The van der Waals surface area contributed by atoms with E-state index in [0.717, 1.165) is 12.8 Å². The number of rotatable bonds is 7. The van der Waals surface area contributed by atoms with E-state index in [4.69, 9.17) is 10.5 Å². The second kappa shape index (κ2) is 11.9. The zero-order valence-electron chi connectivity index (χ0n) is 15.4. The van der Waals surface area contributed by atoms with E-state index < -0.39 is 0 Å². The van der Waals surface area contributed by atoms with E-state index in [1.54, 1.807) is 7.11 Å². The van der Waals surface area contributed by atoms with Crippen LogP contribution in [0.5, 0.6) is 0 Å². The molecule has 6 nitrogen and oxygen atoms in total. The van der Waals surface area contributed by atoms with E-state index in [9.17, 15) is 9.59 Å². The van der Waals surface area contributed by atoms with Gasteiger partial charge in [0.2, 0.25) is 11.8 Å². The average Bonchev–Trinajstić information content (AvgIpc) is 2.91. The Hall–Kier alpha value is -1.63. The van der Waals surface area contributed by atoms with Gasteiger partial charge in [0.15, 0.2) is 0 Å². The maximum atomic E-state index is 12.5. The quantitative estimate of drug-likeness (QED) is 0.773. The maximum absolute atomic E-state index is 12.5. The van der Waals surface area contributed by atoms with Crippen molar-refractivity contribution >= 4 is 24.2 Å². The Morgan fingerprint density at radius 3 is 2.27 bits per heavy atom. The van der Waals surface area contributed by atoms with Gasteiger partial charge in [0, 0.05) is 46.3 Å². The van der Waals surface area contributed by atoms with Crippen molar-refractivity contribution in [2.24, 2.45) is 5.73 Å². The lowest BCUT2D eigenvalue weighted by Crippen LogP contribution is -2.39.